The highest BCUT2D eigenvalue weighted by atomic mass is 79.9. The van der Waals surface area contributed by atoms with Crippen molar-refractivity contribution in [2.24, 2.45) is 0 Å². The Kier molecular flexibility index (Phi) is 7.85. The summed E-state index contributed by atoms with van der Waals surface area (Å²) in [6.45, 7) is 4.09. The summed E-state index contributed by atoms with van der Waals surface area (Å²) < 4.78 is 6.52. The summed E-state index contributed by atoms with van der Waals surface area (Å²) >= 11 is 3.38. The molecular weight excluding hydrogens is 408 g/mol. The van der Waals surface area contributed by atoms with Gasteiger partial charge in [-0.15, -0.1) is 0 Å². The predicted molar refractivity (Wildman–Crippen MR) is 111 cm³/mol. The fraction of sp³-hybridized carbons (Fsp3) is 0.333. The van der Waals surface area contributed by atoms with Crippen LogP contribution in [0.5, 0.6) is 5.75 Å². The van der Waals surface area contributed by atoms with E-state index < -0.39 is 0 Å². The van der Waals surface area contributed by atoms with Crippen molar-refractivity contribution in [1.29, 1.82) is 0 Å². The summed E-state index contributed by atoms with van der Waals surface area (Å²) in [7, 11) is 1.59. The number of rotatable bonds is 8. The second kappa shape index (κ2) is 10.1. The lowest BCUT2D eigenvalue weighted by Crippen LogP contribution is -2.37. The van der Waals surface area contributed by atoms with Crippen molar-refractivity contribution >= 4 is 33.4 Å². The average molecular weight is 433 g/mol. The van der Waals surface area contributed by atoms with Gasteiger partial charge in [-0.2, -0.15) is 0 Å². The van der Waals surface area contributed by atoms with E-state index >= 15 is 0 Å². The van der Waals surface area contributed by atoms with Gasteiger partial charge in [0.1, 0.15) is 5.75 Å². The number of hydrogen-bond acceptors (Lipinski definition) is 3. The van der Waals surface area contributed by atoms with E-state index in [9.17, 15) is 9.59 Å². The lowest BCUT2D eigenvalue weighted by Gasteiger charge is -2.19. The first kappa shape index (κ1) is 21.0. The molecule has 1 atom stereocenters. The number of amides is 2. The molecule has 2 aromatic rings. The van der Waals surface area contributed by atoms with Crippen molar-refractivity contribution in [2.45, 2.75) is 26.2 Å². The molecule has 1 N–H and O–H groups in total. The molecule has 0 saturated heterocycles. The zero-order chi connectivity index (χ0) is 19.8. The Bertz CT molecular complexity index is 795. The minimum atomic E-state index is -0.266. The number of halogens is 1. The summed E-state index contributed by atoms with van der Waals surface area (Å²) in [5.41, 5.74) is 1.75. The number of ether oxygens (including phenoxy) is 1. The van der Waals surface area contributed by atoms with Crippen molar-refractivity contribution in [2.75, 3.05) is 25.5 Å². The second-order valence-electron chi connectivity index (χ2n) is 6.41. The summed E-state index contributed by atoms with van der Waals surface area (Å²) in [5.74, 6) is 0.546. The number of para-hydroxylation sites is 2. The molecule has 0 aliphatic carbocycles. The summed E-state index contributed by atoms with van der Waals surface area (Å²) in [5, 5.41) is 2.78. The van der Waals surface area contributed by atoms with Gasteiger partial charge in [0.2, 0.25) is 5.91 Å². The van der Waals surface area contributed by atoms with Crippen LogP contribution < -0.4 is 10.1 Å². The molecule has 144 valence electrons. The van der Waals surface area contributed by atoms with Crippen LogP contribution in [0.1, 0.15) is 31.7 Å². The SMILES string of the molecule is CCC(C)c1ccccc1OCC(=O)N(C)CC(=O)Nc1ccccc1Br. The monoisotopic (exact) mass is 432 g/mol. The number of carbonyl (C=O) groups is 2. The van der Waals surface area contributed by atoms with Crippen LogP contribution in [-0.4, -0.2) is 36.9 Å². The minimum absolute atomic E-state index is 0.0451. The van der Waals surface area contributed by atoms with Gasteiger partial charge in [-0.3, -0.25) is 9.59 Å². The third-order valence-corrected chi connectivity index (χ3v) is 5.06. The molecule has 0 aliphatic rings. The maximum absolute atomic E-state index is 12.3. The Morgan fingerprint density at radius 3 is 2.52 bits per heavy atom. The van der Waals surface area contributed by atoms with Crippen LogP contribution >= 0.6 is 15.9 Å². The highest BCUT2D eigenvalue weighted by molar-refractivity contribution is 9.10. The minimum Gasteiger partial charge on any atom is -0.483 e. The van der Waals surface area contributed by atoms with Crippen molar-refractivity contribution in [3.63, 3.8) is 0 Å². The first-order chi connectivity index (χ1) is 12.9. The van der Waals surface area contributed by atoms with Crippen LogP contribution in [0.25, 0.3) is 0 Å². The van der Waals surface area contributed by atoms with Gasteiger partial charge in [0.25, 0.3) is 5.91 Å². The number of hydrogen-bond donors (Lipinski definition) is 1. The molecular formula is C21H25BrN2O3. The number of benzene rings is 2. The van der Waals surface area contributed by atoms with E-state index in [-0.39, 0.29) is 25.0 Å². The smallest absolute Gasteiger partial charge is 0.260 e. The largest absolute Gasteiger partial charge is 0.483 e. The Morgan fingerprint density at radius 1 is 1.15 bits per heavy atom. The third kappa shape index (κ3) is 6.10. The van der Waals surface area contributed by atoms with Gasteiger partial charge in [-0.1, -0.05) is 44.2 Å². The van der Waals surface area contributed by atoms with Gasteiger partial charge >= 0.3 is 0 Å². The Hall–Kier alpha value is -2.34. The van der Waals surface area contributed by atoms with Crippen LogP contribution in [0.2, 0.25) is 0 Å². The maximum Gasteiger partial charge on any atom is 0.260 e. The van der Waals surface area contributed by atoms with E-state index in [0.29, 0.717) is 17.4 Å². The molecule has 5 nitrogen and oxygen atoms in total. The molecule has 0 radical (unpaired) electrons. The first-order valence-electron chi connectivity index (χ1n) is 8.92. The zero-order valence-corrected chi connectivity index (χ0v) is 17.5. The molecule has 0 aliphatic heterocycles. The molecule has 2 amide bonds. The van der Waals surface area contributed by atoms with E-state index in [2.05, 4.69) is 35.1 Å². The summed E-state index contributed by atoms with van der Waals surface area (Å²) in [4.78, 5) is 25.9. The standard InChI is InChI=1S/C21H25BrN2O3/c1-4-15(2)16-9-5-8-12-19(16)27-14-21(26)24(3)13-20(25)23-18-11-7-6-10-17(18)22/h5-12,15H,4,13-14H2,1-3H3,(H,23,25). The predicted octanol–water partition coefficient (Wildman–Crippen LogP) is 4.44. The van der Waals surface area contributed by atoms with Crippen LogP contribution in [0, 0.1) is 0 Å². The fourth-order valence-electron chi connectivity index (χ4n) is 2.54. The lowest BCUT2D eigenvalue weighted by atomic mass is 9.98. The van der Waals surface area contributed by atoms with Crippen molar-refractivity contribution < 1.29 is 14.3 Å². The van der Waals surface area contributed by atoms with E-state index in [1.165, 1.54) is 4.90 Å². The molecule has 0 heterocycles. The van der Waals surface area contributed by atoms with Gasteiger partial charge in [0.05, 0.1) is 12.2 Å². The molecule has 1 unspecified atom stereocenters. The van der Waals surface area contributed by atoms with Crippen LogP contribution in [0.15, 0.2) is 53.0 Å². The van der Waals surface area contributed by atoms with Gasteiger partial charge in [0.15, 0.2) is 6.61 Å². The van der Waals surface area contributed by atoms with Crippen LogP contribution in [-0.2, 0) is 9.59 Å². The Labute approximate surface area is 168 Å². The van der Waals surface area contributed by atoms with E-state index in [4.69, 9.17) is 4.74 Å². The van der Waals surface area contributed by atoms with Crippen molar-refractivity contribution in [1.82, 2.24) is 4.90 Å². The molecule has 0 saturated carbocycles. The number of anilines is 1. The number of carbonyl (C=O) groups excluding carboxylic acids is 2. The molecule has 0 bridgehead atoms. The van der Waals surface area contributed by atoms with E-state index in [0.717, 1.165) is 16.5 Å². The van der Waals surface area contributed by atoms with Crippen molar-refractivity contribution in [3.8, 4) is 5.75 Å². The molecule has 2 aromatic carbocycles. The summed E-state index contributed by atoms with van der Waals surface area (Å²) in [6.07, 6.45) is 0.990. The van der Waals surface area contributed by atoms with Gasteiger partial charge in [-0.25, -0.2) is 0 Å². The fourth-order valence-corrected chi connectivity index (χ4v) is 2.93. The van der Waals surface area contributed by atoms with E-state index in [1.54, 1.807) is 13.1 Å². The quantitative estimate of drug-likeness (QED) is 0.670. The highest BCUT2D eigenvalue weighted by Gasteiger charge is 2.16. The van der Waals surface area contributed by atoms with E-state index in [1.807, 2.05) is 42.5 Å². The topological polar surface area (TPSA) is 58.6 Å². The lowest BCUT2D eigenvalue weighted by molar-refractivity contribution is -0.135. The van der Waals surface area contributed by atoms with Gasteiger partial charge < -0.3 is 15.0 Å². The van der Waals surface area contributed by atoms with Crippen LogP contribution in [0.4, 0.5) is 5.69 Å². The number of nitrogens with zero attached hydrogens (tertiary/aromatic N) is 1. The second-order valence-corrected chi connectivity index (χ2v) is 7.27. The normalized spacial score (nSPS) is 11.6. The number of nitrogens with one attached hydrogen (secondary N) is 1. The molecule has 27 heavy (non-hydrogen) atoms. The average Bonchev–Trinajstić information content (AvgIpc) is 2.67. The Morgan fingerprint density at radius 2 is 1.81 bits per heavy atom. The summed E-state index contributed by atoms with van der Waals surface area (Å²) in [6, 6.07) is 15.1. The van der Waals surface area contributed by atoms with Gasteiger partial charge in [0, 0.05) is 11.5 Å². The maximum atomic E-state index is 12.3. The molecule has 0 spiro atoms. The molecule has 2 rings (SSSR count). The Balaban J connectivity index is 1.89. The molecule has 0 fully saturated rings. The van der Waals surface area contributed by atoms with Crippen LogP contribution in [0.3, 0.4) is 0 Å². The zero-order valence-electron chi connectivity index (χ0n) is 15.9. The van der Waals surface area contributed by atoms with Gasteiger partial charge in [-0.05, 0) is 52.0 Å². The highest BCUT2D eigenvalue weighted by Crippen LogP contribution is 2.28. The molecule has 0 aromatic heterocycles. The van der Waals surface area contributed by atoms with Crippen molar-refractivity contribution in [3.05, 3.63) is 58.6 Å². The third-order valence-electron chi connectivity index (χ3n) is 4.37. The number of likely N-dealkylation sites (N-methyl/N-ethyl adjacent to an activating group) is 1. The first-order valence-corrected chi connectivity index (χ1v) is 9.71. The molecule has 6 heteroatoms.